The molecule has 1 heterocycles. The quantitative estimate of drug-likeness (QED) is 0.863. The Morgan fingerprint density at radius 3 is 2.75 bits per heavy atom. The fraction of sp³-hybridized carbons (Fsp3) is 0.182. The van der Waals surface area contributed by atoms with Crippen LogP contribution in [0.3, 0.4) is 0 Å². The summed E-state index contributed by atoms with van der Waals surface area (Å²) in [6.07, 6.45) is 2.80. The molecule has 108 valence electrons. The van der Waals surface area contributed by atoms with E-state index in [0.29, 0.717) is 4.47 Å². The van der Waals surface area contributed by atoms with Crippen molar-refractivity contribution in [3.63, 3.8) is 0 Å². The molecule has 0 aliphatic rings. The molecule has 2 aromatic rings. The number of aromatic nitrogens is 2. The first kappa shape index (κ1) is 14.9. The van der Waals surface area contributed by atoms with E-state index in [1.165, 1.54) is 29.2 Å². The summed E-state index contributed by atoms with van der Waals surface area (Å²) >= 11 is 3.14. The van der Waals surface area contributed by atoms with E-state index >= 15 is 0 Å². The van der Waals surface area contributed by atoms with E-state index in [-0.39, 0.29) is 17.8 Å². The maximum Gasteiger partial charge on any atom is 0.264 e. The van der Waals surface area contributed by atoms with Crippen LogP contribution in [0.2, 0.25) is 0 Å². The molecule has 0 amide bonds. The average Bonchev–Trinajstić information content (AvgIpc) is 2.76. The first-order valence-electron chi connectivity index (χ1n) is 5.53. The predicted molar refractivity (Wildman–Crippen MR) is 76.0 cm³/mol. The molecule has 1 aromatic heterocycles. The highest BCUT2D eigenvalue weighted by atomic mass is 79.9. The largest absolute Gasteiger partial charge is 0.326 e. The van der Waals surface area contributed by atoms with Crippen LogP contribution in [0.25, 0.3) is 0 Å². The minimum absolute atomic E-state index is 0.0965. The van der Waals surface area contributed by atoms with Crippen LogP contribution < -0.4 is 10.5 Å². The predicted octanol–water partition coefficient (Wildman–Crippen LogP) is 1.58. The number of rotatable bonds is 4. The number of aryl methyl sites for hydroxylation is 1. The Labute approximate surface area is 124 Å². The second-order valence-corrected chi connectivity index (χ2v) is 6.66. The second kappa shape index (κ2) is 5.51. The summed E-state index contributed by atoms with van der Waals surface area (Å²) in [5, 5.41) is 3.83. The summed E-state index contributed by atoms with van der Waals surface area (Å²) in [4.78, 5) is -0.462. The van der Waals surface area contributed by atoms with Crippen molar-refractivity contribution >= 4 is 31.6 Å². The highest BCUT2D eigenvalue weighted by Crippen LogP contribution is 2.25. The van der Waals surface area contributed by atoms with E-state index in [1.54, 1.807) is 7.05 Å². The minimum Gasteiger partial charge on any atom is -0.326 e. The van der Waals surface area contributed by atoms with Crippen molar-refractivity contribution < 1.29 is 12.8 Å². The molecule has 0 bridgehead atoms. The zero-order chi connectivity index (χ0) is 14.9. The van der Waals surface area contributed by atoms with Crippen LogP contribution in [0.4, 0.5) is 10.1 Å². The van der Waals surface area contributed by atoms with Gasteiger partial charge in [-0.05, 0) is 12.1 Å². The maximum absolute atomic E-state index is 14.1. The van der Waals surface area contributed by atoms with E-state index < -0.39 is 20.7 Å². The second-order valence-electron chi connectivity index (χ2n) is 4.09. The molecule has 0 unspecified atom stereocenters. The summed E-state index contributed by atoms with van der Waals surface area (Å²) in [5.41, 5.74) is 5.77. The molecule has 9 heteroatoms. The van der Waals surface area contributed by atoms with Crippen molar-refractivity contribution in [2.45, 2.75) is 11.4 Å². The number of nitrogens with one attached hydrogen (secondary N) is 1. The molecule has 0 atom stereocenters. The number of anilines is 1. The fourth-order valence-electron chi connectivity index (χ4n) is 1.65. The monoisotopic (exact) mass is 362 g/mol. The van der Waals surface area contributed by atoms with E-state index in [1.807, 2.05) is 0 Å². The van der Waals surface area contributed by atoms with Crippen molar-refractivity contribution in [2.75, 3.05) is 4.72 Å². The Bertz CT molecular complexity index is 745. The summed E-state index contributed by atoms with van der Waals surface area (Å²) in [7, 11) is -2.41. The molecule has 6 nitrogen and oxygen atoms in total. The lowest BCUT2D eigenvalue weighted by Gasteiger charge is -2.10. The van der Waals surface area contributed by atoms with Crippen LogP contribution in [0, 0.1) is 5.82 Å². The highest BCUT2D eigenvalue weighted by molar-refractivity contribution is 9.10. The Morgan fingerprint density at radius 2 is 2.20 bits per heavy atom. The van der Waals surface area contributed by atoms with Gasteiger partial charge in [-0.2, -0.15) is 5.10 Å². The number of hydrogen-bond donors (Lipinski definition) is 2. The van der Waals surface area contributed by atoms with Crippen LogP contribution in [0.15, 0.2) is 33.9 Å². The van der Waals surface area contributed by atoms with Crippen molar-refractivity contribution in [2.24, 2.45) is 12.8 Å². The lowest BCUT2D eigenvalue weighted by molar-refractivity contribution is 0.560. The lowest BCUT2D eigenvalue weighted by atomic mass is 10.2. The van der Waals surface area contributed by atoms with E-state index in [0.717, 1.165) is 0 Å². The SMILES string of the molecule is Cn1cc(NS(=O)(=O)c2cc(Br)cc(CN)c2F)cn1. The summed E-state index contributed by atoms with van der Waals surface area (Å²) in [6.45, 7) is -0.0965. The van der Waals surface area contributed by atoms with Crippen LogP contribution >= 0.6 is 15.9 Å². The summed E-state index contributed by atoms with van der Waals surface area (Å²) < 4.78 is 42.6. The number of nitrogens with zero attached hydrogens (tertiary/aromatic N) is 2. The number of benzene rings is 1. The number of halogens is 2. The van der Waals surface area contributed by atoms with Gasteiger partial charge < -0.3 is 5.73 Å². The van der Waals surface area contributed by atoms with Gasteiger partial charge in [0, 0.05) is 29.8 Å². The Kier molecular flexibility index (Phi) is 4.11. The standard InChI is InChI=1S/C11H12BrFN4O2S/c1-17-6-9(5-15-17)16-20(18,19)10-3-8(12)2-7(4-14)11(10)13/h2-3,5-6,16H,4,14H2,1H3. The van der Waals surface area contributed by atoms with Crippen molar-refractivity contribution in [3.8, 4) is 0 Å². The van der Waals surface area contributed by atoms with Gasteiger partial charge in [-0.1, -0.05) is 15.9 Å². The Morgan fingerprint density at radius 1 is 1.50 bits per heavy atom. The van der Waals surface area contributed by atoms with Gasteiger partial charge in [-0.15, -0.1) is 0 Å². The van der Waals surface area contributed by atoms with Crippen molar-refractivity contribution in [1.29, 1.82) is 0 Å². The maximum atomic E-state index is 14.1. The smallest absolute Gasteiger partial charge is 0.264 e. The van der Waals surface area contributed by atoms with Gasteiger partial charge in [0.05, 0.1) is 11.9 Å². The third-order valence-electron chi connectivity index (χ3n) is 2.55. The van der Waals surface area contributed by atoms with Crippen LogP contribution in [0.1, 0.15) is 5.56 Å². The third kappa shape index (κ3) is 3.00. The van der Waals surface area contributed by atoms with E-state index in [2.05, 4.69) is 25.8 Å². The number of nitrogens with two attached hydrogens (primary N) is 1. The first-order chi connectivity index (χ1) is 9.33. The lowest BCUT2D eigenvalue weighted by Crippen LogP contribution is -2.16. The molecule has 20 heavy (non-hydrogen) atoms. The van der Waals surface area contributed by atoms with Crippen molar-refractivity contribution in [3.05, 3.63) is 40.4 Å². The molecule has 0 aliphatic carbocycles. The molecular weight excluding hydrogens is 351 g/mol. The topological polar surface area (TPSA) is 90.0 Å². The van der Waals surface area contributed by atoms with Crippen LogP contribution in [-0.4, -0.2) is 18.2 Å². The molecule has 0 radical (unpaired) electrons. The molecule has 0 saturated heterocycles. The van der Waals surface area contributed by atoms with Gasteiger partial charge >= 0.3 is 0 Å². The molecule has 0 saturated carbocycles. The summed E-state index contributed by atoms with van der Waals surface area (Å²) in [6, 6.07) is 2.63. The van der Waals surface area contributed by atoms with Crippen molar-refractivity contribution in [1.82, 2.24) is 9.78 Å². The Balaban J connectivity index is 2.46. The zero-order valence-electron chi connectivity index (χ0n) is 10.5. The fourth-order valence-corrected chi connectivity index (χ4v) is 3.48. The van der Waals surface area contributed by atoms with Gasteiger partial charge in [-0.25, -0.2) is 12.8 Å². The third-order valence-corrected chi connectivity index (χ3v) is 4.38. The minimum atomic E-state index is -4.05. The normalized spacial score (nSPS) is 11.6. The summed E-state index contributed by atoms with van der Waals surface area (Å²) in [5.74, 6) is -0.855. The molecular formula is C11H12BrFN4O2S. The van der Waals surface area contributed by atoms with Gasteiger partial charge in [0.2, 0.25) is 0 Å². The molecule has 3 N–H and O–H groups in total. The first-order valence-corrected chi connectivity index (χ1v) is 7.80. The molecule has 0 spiro atoms. The Hall–Kier alpha value is -1.45. The molecule has 0 aliphatic heterocycles. The van der Waals surface area contributed by atoms with Gasteiger partial charge in [0.1, 0.15) is 10.7 Å². The van der Waals surface area contributed by atoms with E-state index in [4.69, 9.17) is 5.73 Å². The molecule has 1 aromatic carbocycles. The van der Waals surface area contributed by atoms with Crippen LogP contribution in [0.5, 0.6) is 0 Å². The number of hydrogen-bond acceptors (Lipinski definition) is 4. The van der Waals surface area contributed by atoms with Crippen LogP contribution in [-0.2, 0) is 23.6 Å². The van der Waals surface area contributed by atoms with Gasteiger partial charge in [0.15, 0.2) is 0 Å². The average molecular weight is 363 g/mol. The van der Waals surface area contributed by atoms with Gasteiger partial charge in [0.25, 0.3) is 10.0 Å². The highest BCUT2D eigenvalue weighted by Gasteiger charge is 2.22. The number of sulfonamides is 1. The zero-order valence-corrected chi connectivity index (χ0v) is 12.9. The molecule has 0 fully saturated rings. The molecule has 2 rings (SSSR count). The van der Waals surface area contributed by atoms with E-state index in [9.17, 15) is 12.8 Å². The van der Waals surface area contributed by atoms with Gasteiger partial charge in [-0.3, -0.25) is 9.40 Å².